The Morgan fingerprint density at radius 3 is 2.55 bits per heavy atom. The molecule has 0 spiro atoms. The molecule has 2 saturated heterocycles. The standard InChI is InChI=1S/C41H45N7O8/c42-39(45-43)29-7-9-35-34(25-29)38(56-46-35)28-4-1-5-32(24-28)55-31-12-14-47(15-13-31)16-18-53-20-22-54-21-19-52-17-2-3-27-6-8-33-30(23-27)26-48(41(33)51)36-10-11-37(49)44-40(36)50/h1,4-9,23-25,31,36H,10-22,26,43H2,(H2,42,45)(H,44,49,50). The Kier molecular flexibility index (Phi) is 12.5. The molecule has 0 radical (unpaired) electrons. The van der Waals surface area contributed by atoms with Crippen LogP contribution in [0.2, 0.25) is 0 Å². The van der Waals surface area contributed by atoms with Crippen molar-refractivity contribution in [3.05, 3.63) is 82.9 Å². The van der Waals surface area contributed by atoms with Crippen molar-refractivity contribution in [1.82, 2.24) is 20.3 Å². The summed E-state index contributed by atoms with van der Waals surface area (Å²) in [6.07, 6.45) is 2.52. The highest BCUT2D eigenvalue weighted by atomic mass is 16.5. The highest BCUT2D eigenvalue weighted by Crippen LogP contribution is 2.32. The number of amidine groups is 1. The van der Waals surface area contributed by atoms with E-state index in [1.54, 1.807) is 18.2 Å². The number of likely N-dealkylation sites (tertiary alicyclic amines) is 1. The number of hydrogen-bond acceptors (Lipinski definition) is 12. The van der Waals surface area contributed by atoms with Gasteiger partial charge in [0.15, 0.2) is 5.76 Å². The molecule has 0 aliphatic carbocycles. The van der Waals surface area contributed by atoms with E-state index in [2.05, 4.69) is 32.3 Å². The molecule has 292 valence electrons. The van der Waals surface area contributed by atoms with Gasteiger partial charge in [-0.1, -0.05) is 29.1 Å². The van der Waals surface area contributed by atoms with E-state index < -0.39 is 11.9 Å². The number of hydrogen-bond donors (Lipinski definition) is 3. The number of carbonyl (C=O) groups is 3. The molecule has 4 heterocycles. The van der Waals surface area contributed by atoms with Gasteiger partial charge in [0.05, 0.1) is 38.4 Å². The molecule has 5 N–H and O–H groups in total. The van der Waals surface area contributed by atoms with E-state index in [9.17, 15) is 14.4 Å². The summed E-state index contributed by atoms with van der Waals surface area (Å²) in [4.78, 5) is 40.5. The highest BCUT2D eigenvalue weighted by Gasteiger charge is 2.39. The van der Waals surface area contributed by atoms with Gasteiger partial charge in [-0.05, 0) is 73.4 Å². The van der Waals surface area contributed by atoms with E-state index in [1.165, 1.54) is 4.90 Å². The van der Waals surface area contributed by atoms with Crippen LogP contribution < -0.4 is 21.6 Å². The number of nitrogens with zero attached hydrogens (tertiary/aromatic N) is 4. The summed E-state index contributed by atoms with van der Waals surface area (Å²) < 4.78 is 29.1. The lowest BCUT2D eigenvalue weighted by Gasteiger charge is -2.32. The second-order valence-corrected chi connectivity index (χ2v) is 13.8. The zero-order chi connectivity index (χ0) is 38.9. The van der Waals surface area contributed by atoms with E-state index in [0.29, 0.717) is 68.4 Å². The third-order valence-corrected chi connectivity index (χ3v) is 10.1. The minimum Gasteiger partial charge on any atom is -0.490 e. The maximum absolute atomic E-state index is 12.9. The Labute approximate surface area is 324 Å². The van der Waals surface area contributed by atoms with Crippen molar-refractivity contribution in [3.63, 3.8) is 0 Å². The van der Waals surface area contributed by atoms with Crippen LogP contribution in [0.15, 0.2) is 70.3 Å². The molecule has 7 rings (SSSR count). The number of carbonyl (C=O) groups excluding carboxylic acids is 3. The minimum atomic E-state index is -0.637. The lowest BCUT2D eigenvalue weighted by atomic mass is 10.0. The topological polar surface area (TPSA) is 197 Å². The Morgan fingerprint density at radius 2 is 1.75 bits per heavy atom. The molecule has 3 aromatic carbocycles. The molecule has 56 heavy (non-hydrogen) atoms. The fourth-order valence-corrected chi connectivity index (χ4v) is 7.08. The molecule has 0 bridgehead atoms. The van der Waals surface area contributed by atoms with Crippen molar-refractivity contribution in [2.45, 2.75) is 44.4 Å². The third-order valence-electron chi connectivity index (χ3n) is 10.1. The normalized spacial score (nSPS) is 17.9. The van der Waals surface area contributed by atoms with E-state index >= 15 is 0 Å². The van der Waals surface area contributed by atoms with Crippen LogP contribution in [-0.4, -0.2) is 110 Å². The lowest BCUT2D eigenvalue weighted by Crippen LogP contribution is -2.52. The van der Waals surface area contributed by atoms with E-state index in [4.69, 9.17) is 35.0 Å². The van der Waals surface area contributed by atoms with Crippen LogP contribution >= 0.6 is 0 Å². The average Bonchev–Trinajstić information content (AvgIpc) is 3.78. The average molecular weight is 764 g/mol. The number of nitrogens with one attached hydrogen (secondary N) is 1. The van der Waals surface area contributed by atoms with Crippen LogP contribution in [-0.2, 0) is 30.3 Å². The summed E-state index contributed by atoms with van der Waals surface area (Å²) in [5.41, 5.74) is 10.3. The minimum absolute atomic E-state index is 0.119. The van der Waals surface area contributed by atoms with Crippen LogP contribution in [0.5, 0.6) is 5.75 Å². The van der Waals surface area contributed by atoms with Gasteiger partial charge in [0.1, 0.15) is 35.9 Å². The lowest BCUT2D eigenvalue weighted by molar-refractivity contribution is -0.136. The van der Waals surface area contributed by atoms with Crippen LogP contribution in [0, 0.1) is 11.8 Å². The number of hydrazone groups is 1. The molecule has 15 nitrogen and oxygen atoms in total. The summed E-state index contributed by atoms with van der Waals surface area (Å²) in [7, 11) is 0. The van der Waals surface area contributed by atoms with Crippen molar-refractivity contribution >= 4 is 34.5 Å². The van der Waals surface area contributed by atoms with Crippen LogP contribution in [0.25, 0.3) is 22.2 Å². The van der Waals surface area contributed by atoms with Gasteiger partial charge < -0.3 is 44.8 Å². The first-order chi connectivity index (χ1) is 27.4. The maximum Gasteiger partial charge on any atom is 0.255 e. The maximum atomic E-state index is 12.9. The number of aromatic nitrogens is 1. The quantitative estimate of drug-likeness (QED) is 0.0305. The number of amides is 3. The summed E-state index contributed by atoms with van der Waals surface area (Å²) in [6.45, 7) is 5.74. The molecule has 3 amide bonds. The van der Waals surface area contributed by atoms with Crippen molar-refractivity contribution in [2.75, 3.05) is 59.3 Å². The molecule has 2 fully saturated rings. The first-order valence-electron chi connectivity index (χ1n) is 18.8. The molecule has 0 saturated carbocycles. The van der Waals surface area contributed by atoms with Gasteiger partial charge in [0, 0.05) is 54.9 Å². The van der Waals surface area contributed by atoms with Crippen molar-refractivity contribution < 1.29 is 37.9 Å². The van der Waals surface area contributed by atoms with Gasteiger partial charge in [-0.2, -0.15) is 5.10 Å². The molecule has 3 aliphatic rings. The smallest absolute Gasteiger partial charge is 0.255 e. The van der Waals surface area contributed by atoms with E-state index in [-0.39, 0.29) is 36.8 Å². The van der Waals surface area contributed by atoms with Crippen molar-refractivity contribution in [1.29, 1.82) is 0 Å². The van der Waals surface area contributed by atoms with Crippen LogP contribution in [0.1, 0.15) is 52.7 Å². The number of fused-ring (bicyclic) bond motifs is 2. The predicted octanol–water partition coefficient (Wildman–Crippen LogP) is 2.78. The Bertz CT molecular complexity index is 2150. The Balaban J connectivity index is 0.732. The predicted molar refractivity (Wildman–Crippen MR) is 206 cm³/mol. The number of piperidine rings is 2. The first kappa shape index (κ1) is 38.5. The van der Waals surface area contributed by atoms with Gasteiger partial charge in [-0.15, -0.1) is 0 Å². The highest BCUT2D eigenvalue weighted by molar-refractivity contribution is 6.05. The number of imide groups is 1. The second kappa shape index (κ2) is 18.2. The van der Waals surface area contributed by atoms with Gasteiger partial charge >= 0.3 is 0 Å². The summed E-state index contributed by atoms with van der Waals surface area (Å²) >= 11 is 0. The van der Waals surface area contributed by atoms with Gasteiger partial charge in [-0.3, -0.25) is 19.7 Å². The molecule has 1 unspecified atom stereocenters. The number of nitrogens with two attached hydrogens (primary N) is 2. The van der Waals surface area contributed by atoms with E-state index in [0.717, 1.165) is 60.3 Å². The summed E-state index contributed by atoms with van der Waals surface area (Å²) in [5.74, 6) is 12.1. The molecule has 1 atom stereocenters. The largest absolute Gasteiger partial charge is 0.490 e. The number of rotatable bonds is 15. The summed E-state index contributed by atoms with van der Waals surface area (Å²) in [6, 6.07) is 18.1. The fraction of sp³-hybridized carbons (Fsp3) is 0.390. The molecule has 4 aromatic rings. The molecular weight excluding hydrogens is 718 g/mol. The van der Waals surface area contributed by atoms with Gasteiger partial charge in [0.2, 0.25) is 11.8 Å². The van der Waals surface area contributed by atoms with Crippen molar-refractivity contribution in [3.8, 4) is 28.9 Å². The number of benzene rings is 3. The SMILES string of the molecule is N/N=C(\N)c1ccc2noc(-c3cccc(OC4CCN(CCOCCOCCOCC#Cc5ccc6c(c5)CN(C5CCC(=O)NC5=O)C6=O)CC4)c3)c2c1. The third kappa shape index (κ3) is 9.35. The summed E-state index contributed by atoms with van der Waals surface area (Å²) in [5, 5.41) is 10.9. The van der Waals surface area contributed by atoms with Gasteiger partial charge in [0.25, 0.3) is 5.91 Å². The van der Waals surface area contributed by atoms with Gasteiger partial charge in [-0.25, -0.2) is 0 Å². The van der Waals surface area contributed by atoms with Crippen molar-refractivity contribution in [2.24, 2.45) is 16.7 Å². The zero-order valence-electron chi connectivity index (χ0n) is 31.0. The molecule has 15 heteroatoms. The Hall–Kier alpha value is -5.79. The zero-order valence-corrected chi connectivity index (χ0v) is 31.0. The molecular formula is C41H45N7O8. The Morgan fingerprint density at radius 1 is 0.946 bits per heavy atom. The first-order valence-corrected chi connectivity index (χ1v) is 18.8. The van der Waals surface area contributed by atoms with Crippen LogP contribution in [0.4, 0.5) is 0 Å². The van der Waals surface area contributed by atoms with Crippen LogP contribution in [0.3, 0.4) is 0 Å². The second-order valence-electron chi connectivity index (χ2n) is 13.8. The van der Waals surface area contributed by atoms with E-state index in [1.807, 2.05) is 42.5 Å². The fourth-order valence-electron chi connectivity index (χ4n) is 7.08. The molecule has 3 aliphatic heterocycles. The number of ether oxygens (including phenoxy) is 4. The monoisotopic (exact) mass is 763 g/mol. The molecule has 1 aromatic heterocycles.